The standard InChI is InChI=1S/C11H11BN2O2/c1-12-8-2-3-9-10(6-8)14(4-5-15)11(16)7-13-9/h2-3,5-7,12H,4H2,1H3. The minimum atomic E-state index is -0.243. The first-order valence-corrected chi connectivity index (χ1v) is 5.18. The molecular weight excluding hydrogens is 203 g/mol. The monoisotopic (exact) mass is 214 g/mol. The van der Waals surface area contributed by atoms with Gasteiger partial charge in [0.2, 0.25) is 0 Å². The highest BCUT2D eigenvalue weighted by Gasteiger charge is 2.04. The van der Waals surface area contributed by atoms with Gasteiger partial charge in [-0.3, -0.25) is 9.36 Å². The third kappa shape index (κ3) is 1.76. The van der Waals surface area contributed by atoms with E-state index in [1.54, 1.807) is 0 Å². The van der Waals surface area contributed by atoms with E-state index < -0.39 is 0 Å². The molecule has 0 aliphatic heterocycles. The first-order chi connectivity index (χ1) is 7.76. The van der Waals surface area contributed by atoms with Crippen LogP contribution in [0.15, 0.2) is 29.2 Å². The Bertz CT molecular complexity index is 592. The molecule has 1 heterocycles. The zero-order chi connectivity index (χ0) is 11.5. The molecule has 0 aliphatic rings. The van der Waals surface area contributed by atoms with Gasteiger partial charge >= 0.3 is 0 Å². The number of fused-ring (bicyclic) bond motifs is 1. The third-order valence-electron chi connectivity index (χ3n) is 2.58. The SMILES string of the molecule is CBc1ccc2ncc(=O)n(CC=O)c2c1. The van der Waals surface area contributed by atoms with E-state index >= 15 is 0 Å². The van der Waals surface area contributed by atoms with Crippen molar-refractivity contribution in [1.82, 2.24) is 9.55 Å². The number of rotatable bonds is 3. The molecule has 16 heavy (non-hydrogen) atoms. The van der Waals surface area contributed by atoms with E-state index in [2.05, 4.69) is 4.98 Å². The summed E-state index contributed by atoms with van der Waals surface area (Å²) in [4.78, 5) is 26.2. The van der Waals surface area contributed by atoms with Crippen LogP contribution in [-0.2, 0) is 11.3 Å². The molecule has 80 valence electrons. The van der Waals surface area contributed by atoms with Crippen LogP contribution in [0.3, 0.4) is 0 Å². The summed E-state index contributed by atoms with van der Waals surface area (Å²) in [6.45, 7) is 2.12. The molecule has 0 N–H and O–H groups in total. The number of nitrogens with zero attached hydrogens (tertiary/aromatic N) is 2. The fraction of sp³-hybridized carbons (Fsp3) is 0.182. The summed E-state index contributed by atoms with van der Waals surface area (Å²) in [5.74, 6) is 0. The third-order valence-corrected chi connectivity index (χ3v) is 2.58. The molecule has 0 radical (unpaired) electrons. The van der Waals surface area contributed by atoms with Crippen LogP contribution in [0, 0.1) is 0 Å². The summed E-state index contributed by atoms with van der Waals surface area (Å²) in [6.07, 6.45) is 1.97. The van der Waals surface area contributed by atoms with Gasteiger partial charge in [-0.2, -0.15) is 0 Å². The van der Waals surface area contributed by atoms with Gasteiger partial charge in [-0.1, -0.05) is 18.4 Å². The van der Waals surface area contributed by atoms with Crippen molar-refractivity contribution < 1.29 is 4.79 Å². The van der Waals surface area contributed by atoms with Crippen LogP contribution in [0.25, 0.3) is 11.0 Å². The van der Waals surface area contributed by atoms with Gasteiger partial charge < -0.3 is 4.79 Å². The summed E-state index contributed by atoms with van der Waals surface area (Å²) < 4.78 is 1.44. The maximum atomic E-state index is 11.6. The van der Waals surface area contributed by atoms with Crippen molar-refractivity contribution in [2.75, 3.05) is 0 Å². The highest BCUT2D eigenvalue weighted by Crippen LogP contribution is 2.06. The first-order valence-electron chi connectivity index (χ1n) is 5.18. The Hall–Kier alpha value is -1.91. The Morgan fingerprint density at radius 2 is 2.31 bits per heavy atom. The average molecular weight is 214 g/mol. The molecule has 0 aliphatic carbocycles. The number of aromatic nitrogens is 2. The fourth-order valence-electron chi connectivity index (χ4n) is 1.69. The van der Waals surface area contributed by atoms with Gasteiger partial charge in [0.25, 0.3) is 5.56 Å². The molecule has 5 heteroatoms. The van der Waals surface area contributed by atoms with Gasteiger partial charge in [0.05, 0.1) is 23.8 Å². The molecule has 1 aromatic heterocycles. The van der Waals surface area contributed by atoms with Gasteiger partial charge in [0, 0.05) is 0 Å². The van der Waals surface area contributed by atoms with Crippen LogP contribution in [-0.4, -0.2) is 23.1 Å². The molecule has 0 amide bonds. The van der Waals surface area contributed by atoms with E-state index in [0.29, 0.717) is 0 Å². The van der Waals surface area contributed by atoms with Crippen molar-refractivity contribution in [1.29, 1.82) is 0 Å². The molecule has 0 bridgehead atoms. The first kappa shape index (κ1) is 10.6. The van der Waals surface area contributed by atoms with E-state index in [9.17, 15) is 9.59 Å². The van der Waals surface area contributed by atoms with Crippen LogP contribution in [0.1, 0.15) is 0 Å². The summed E-state index contributed by atoms with van der Waals surface area (Å²) >= 11 is 0. The number of hydrogen-bond donors (Lipinski definition) is 0. The molecule has 0 fully saturated rings. The predicted octanol–water partition coefficient (Wildman–Crippen LogP) is -0.295. The van der Waals surface area contributed by atoms with Crippen molar-refractivity contribution in [3.63, 3.8) is 0 Å². The van der Waals surface area contributed by atoms with E-state index in [1.807, 2.05) is 25.0 Å². The van der Waals surface area contributed by atoms with E-state index in [1.165, 1.54) is 10.8 Å². The molecule has 0 spiro atoms. The number of carbonyl (C=O) groups excluding carboxylic acids is 1. The minimum absolute atomic E-state index is 0.0744. The highest BCUT2D eigenvalue weighted by atomic mass is 16.1. The van der Waals surface area contributed by atoms with E-state index in [4.69, 9.17) is 0 Å². The Kier molecular flexibility index (Phi) is 2.85. The van der Waals surface area contributed by atoms with Crippen molar-refractivity contribution >= 4 is 30.1 Å². The lowest BCUT2D eigenvalue weighted by Gasteiger charge is -2.07. The quantitative estimate of drug-likeness (QED) is 0.520. The second kappa shape index (κ2) is 4.30. The molecule has 2 aromatic rings. The summed E-state index contributed by atoms with van der Waals surface area (Å²) in [5, 5.41) is 0. The topological polar surface area (TPSA) is 52.0 Å². The predicted molar refractivity (Wildman–Crippen MR) is 64.7 cm³/mol. The van der Waals surface area contributed by atoms with Crippen LogP contribution in [0.5, 0.6) is 0 Å². The van der Waals surface area contributed by atoms with Crippen LogP contribution in [0.2, 0.25) is 6.82 Å². The summed E-state index contributed by atoms with van der Waals surface area (Å²) in [5.41, 5.74) is 2.34. The minimum Gasteiger partial charge on any atom is -0.301 e. The number of hydrogen-bond acceptors (Lipinski definition) is 3. The average Bonchev–Trinajstić information content (AvgIpc) is 2.32. The maximum Gasteiger partial charge on any atom is 0.269 e. The molecule has 1 aromatic carbocycles. The normalized spacial score (nSPS) is 10.3. The Morgan fingerprint density at radius 3 is 3.00 bits per heavy atom. The molecule has 2 rings (SSSR count). The van der Waals surface area contributed by atoms with Gasteiger partial charge in [0.15, 0.2) is 7.28 Å². The number of aldehydes is 1. The highest BCUT2D eigenvalue weighted by molar-refractivity contribution is 6.52. The van der Waals surface area contributed by atoms with Crippen molar-refractivity contribution in [2.24, 2.45) is 0 Å². The van der Waals surface area contributed by atoms with Gasteiger partial charge in [-0.05, 0) is 12.1 Å². The Labute approximate surface area is 93.2 Å². The Morgan fingerprint density at radius 1 is 1.50 bits per heavy atom. The largest absolute Gasteiger partial charge is 0.301 e. The van der Waals surface area contributed by atoms with E-state index in [0.717, 1.165) is 30.1 Å². The maximum absolute atomic E-state index is 11.6. The number of carbonyl (C=O) groups is 1. The van der Waals surface area contributed by atoms with Crippen molar-refractivity contribution in [3.8, 4) is 0 Å². The van der Waals surface area contributed by atoms with Crippen LogP contribution in [0.4, 0.5) is 0 Å². The van der Waals surface area contributed by atoms with Gasteiger partial charge in [-0.15, -0.1) is 0 Å². The lowest BCUT2D eigenvalue weighted by Crippen LogP contribution is -2.22. The smallest absolute Gasteiger partial charge is 0.269 e. The molecule has 4 nitrogen and oxygen atoms in total. The lowest BCUT2D eigenvalue weighted by molar-refractivity contribution is -0.108. The van der Waals surface area contributed by atoms with E-state index in [-0.39, 0.29) is 12.1 Å². The van der Waals surface area contributed by atoms with Crippen LogP contribution < -0.4 is 11.0 Å². The second-order valence-electron chi connectivity index (χ2n) is 3.55. The molecule has 0 saturated carbocycles. The fourth-order valence-corrected chi connectivity index (χ4v) is 1.69. The van der Waals surface area contributed by atoms with Crippen molar-refractivity contribution in [3.05, 3.63) is 34.7 Å². The number of benzene rings is 1. The van der Waals surface area contributed by atoms with Crippen molar-refractivity contribution in [2.45, 2.75) is 13.4 Å². The molecule has 0 atom stereocenters. The molecular formula is C11H11BN2O2. The Balaban J connectivity index is 2.77. The van der Waals surface area contributed by atoms with Crippen LogP contribution >= 0.6 is 0 Å². The zero-order valence-corrected chi connectivity index (χ0v) is 9.01. The summed E-state index contributed by atoms with van der Waals surface area (Å²) in [7, 11) is 0.889. The van der Waals surface area contributed by atoms with Gasteiger partial charge in [-0.25, -0.2) is 4.98 Å². The lowest BCUT2D eigenvalue weighted by atomic mass is 9.73. The summed E-state index contributed by atoms with van der Waals surface area (Å²) in [6, 6.07) is 5.76. The van der Waals surface area contributed by atoms with Gasteiger partial charge in [0.1, 0.15) is 6.29 Å². The second-order valence-corrected chi connectivity index (χ2v) is 3.55. The molecule has 0 saturated heterocycles. The molecule has 0 unspecified atom stereocenters. The zero-order valence-electron chi connectivity index (χ0n) is 9.01.